The van der Waals surface area contributed by atoms with Crippen molar-refractivity contribution < 1.29 is 5.11 Å². The molecule has 4 atom stereocenters. The Hall–Kier alpha value is -0.120. The third-order valence-corrected chi connectivity index (χ3v) is 5.22. The number of rotatable bonds is 2. The monoisotopic (exact) mass is 254 g/mol. The van der Waals surface area contributed by atoms with Crippen LogP contribution in [0.15, 0.2) is 0 Å². The van der Waals surface area contributed by atoms with Crippen molar-refractivity contribution in [1.29, 1.82) is 0 Å². The van der Waals surface area contributed by atoms with Gasteiger partial charge in [0.1, 0.15) is 0 Å². The van der Waals surface area contributed by atoms with Crippen molar-refractivity contribution in [2.45, 2.75) is 58.2 Å². The molecule has 18 heavy (non-hydrogen) atoms. The summed E-state index contributed by atoms with van der Waals surface area (Å²) in [5, 5.41) is 10.3. The minimum Gasteiger partial charge on any atom is -0.391 e. The molecule has 1 heterocycles. The molecule has 3 heteroatoms. The van der Waals surface area contributed by atoms with Crippen molar-refractivity contribution in [2.75, 3.05) is 26.7 Å². The smallest absolute Gasteiger partial charge is 0.0695 e. The second-order valence-electron chi connectivity index (χ2n) is 6.78. The maximum atomic E-state index is 10.3. The first-order chi connectivity index (χ1) is 8.49. The van der Waals surface area contributed by atoms with E-state index < -0.39 is 0 Å². The second kappa shape index (κ2) is 5.89. The Labute approximate surface area is 112 Å². The van der Waals surface area contributed by atoms with Gasteiger partial charge in [0.25, 0.3) is 0 Å². The van der Waals surface area contributed by atoms with Crippen LogP contribution < -0.4 is 0 Å². The molecule has 2 aliphatic rings. The number of piperazine rings is 1. The van der Waals surface area contributed by atoms with Gasteiger partial charge in [0.2, 0.25) is 0 Å². The Kier molecular flexibility index (Phi) is 4.68. The average Bonchev–Trinajstić information content (AvgIpc) is 2.33. The van der Waals surface area contributed by atoms with E-state index in [1.54, 1.807) is 0 Å². The van der Waals surface area contributed by atoms with Crippen LogP contribution in [0.4, 0.5) is 0 Å². The zero-order valence-corrected chi connectivity index (χ0v) is 12.5. The summed E-state index contributed by atoms with van der Waals surface area (Å²) in [6.45, 7) is 10.3. The van der Waals surface area contributed by atoms with Crippen molar-refractivity contribution in [2.24, 2.45) is 11.8 Å². The molecule has 0 bridgehead atoms. The number of hydrogen-bond donors (Lipinski definition) is 1. The normalized spacial score (nSPS) is 40.3. The van der Waals surface area contributed by atoms with Gasteiger partial charge < -0.3 is 10.0 Å². The lowest BCUT2D eigenvalue weighted by atomic mass is 9.77. The fraction of sp³-hybridized carbons (Fsp3) is 1.00. The van der Waals surface area contributed by atoms with Gasteiger partial charge in [0, 0.05) is 31.7 Å². The van der Waals surface area contributed by atoms with Gasteiger partial charge in [-0.2, -0.15) is 0 Å². The molecule has 2 fully saturated rings. The lowest BCUT2D eigenvalue weighted by Gasteiger charge is -2.46. The van der Waals surface area contributed by atoms with Crippen LogP contribution in [0.1, 0.15) is 40.0 Å². The molecule has 3 nitrogen and oxygen atoms in total. The third kappa shape index (κ3) is 3.06. The number of nitrogens with zero attached hydrogens (tertiary/aromatic N) is 2. The minimum absolute atomic E-state index is 0.101. The van der Waals surface area contributed by atoms with Crippen LogP contribution in [0.5, 0.6) is 0 Å². The second-order valence-corrected chi connectivity index (χ2v) is 6.78. The molecule has 1 aliphatic heterocycles. The molecule has 0 aromatic rings. The van der Waals surface area contributed by atoms with E-state index in [9.17, 15) is 5.11 Å². The summed E-state index contributed by atoms with van der Waals surface area (Å²) >= 11 is 0. The first kappa shape index (κ1) is 14.3. The molecule has 1 aliphatic carbocycles. The predicted molar refractivity (Wildman–Crippen MR) is 75.6 cm³/mol. The highest BCUT2D eigenvalue weighted by molar-refractivity contribution is 4.91. The Balaban J connectivity index is 1.97. The molecule has 0 amide bonds. The van der Waals surface area contributed by atoms with Crippen LogP contribution in [0.3, 0.4) is 0 Å². The highest BCUT2D eigenvalue weighted by Gasteiger charge is 2.36. The largest absolute Gasteiger partial charge is 0.391 e. The average molecular weight is 254 g/mol. The van der Waals surface area contributed by atoms with Gasteiger partial charge in [-0.3, -0.25) is 4.90 Å². The maximum absolute atomic E-state index is 10.3. The summed E-state index contributed by atoms with van der Waals surface area (Å²) in [6.07, 6.45) is 3.29. The molecular formula is C15H30N2O. The van der Waals surface area contributed by atoms with Crippen molar-refractivity contribution in [1.82, 2.24) is 9.80 Å². The lowest BCUT2D eigenvalue weighted by molar-refractivity contribution is -0.0310. The minimum atomic E-state index is -0.101. The first-order valence-electron chi connectivity index (χ1n) is 7.61. The molecule has 2 rings (SSSR count). The molecule has 0 aromatic carbocycles. The molecule has 106 valence electrons. The number of likely N-dealkylation sites (N-methyl/N-ethyl adjacent to an activating group) is 1. The van der Waals surface area contributed by atoms with Gasteiger partial charge in [-0.15, -0.1) is 0 Å². The van der Waals surface area contributed by atoms with Gasteiger partial charge in [-0.1, -0.05) is 13.8 Å². The van der Waals surface area contributed by atoms with Crippen LogP contribution in [-0.2, 0) is 0 Å². The van der Waals surface area contributed by atoms with Gasteiger partial charge in [0.15, 0.2) is 0 Å². The quantitative estimate of drug-likeness (QED) is 0.814. The molecule has 4 unspecified atom stereocenters. The van der Waals surface area contributed by atoms with E-state index in [4.69, 9.17) is 0 Å². The molecule has 1 saturated carbocycles. The van der Waals surface area contributed by atoms with Crippen LogP contribution >= 0.6 is 0 Å². The molecule has 1 N–H and O–H groups in total. The zero-order valence-electron chi connectivity index (χ0n) is 12.5. The molecule has 0 radical (unpaired) electrons. The Bertz CT molecular complexity index is 269. The molecule has 0 aromatic heterocycles. The van der Waals surface area contributed by atoms with Crippen molar-refractivity contribution in [3.63, 3.8) is 0 Å². The van der Waals surface area contributed by atoms with Crippen molar-refractivity contribution in [3.05, 3.63) is 0 Å². The Morgan fingerprint density at radius 2 is 1.89 bits per heavy atom. The third-order valence-electron chi connectivity index (χ3n) is 5.22. The topological polar surface area (TPSA) is 26.7 Å². The first-order valence-corrected chi connectivity index (χ1v) is 7.61. The highest BCUT2D eigenvalue weighted by atomic mass is 16.3. The van der Waals surface area contributed by atoms with E-state index in [0.717, 1.165) is 37.9 Å². The molecular weight excluding hydrogens is 224 g/mol. The lowest BCUT2D eigenvalue weighted by Crippen LogP contribution is -2.57. The predicted octanol–water partition coefficient (Wildman–Crippen LogP) is 1.81. The Morgan fingerprint density at radius 3 is 2.50 bits per heavy atom. The summed E-state index contributed by atoms with van der Waals surface area (Å²) in [6, 6.07) is 1.02. The van der Waals surface area contributed by atoms with Gasteiger partial charge >= 0.3 is 0 Å². The Morgan fingerprint density at radius 1 is 1.17 bits per heavy atom. The number of aliphatic hydroxyl groups excluding tert-OH is 1. The standard InChI is InChI=1S/C15H30N2O/c1-11(2)13-5-6-15(18)14(9-13)17-8-7-16(4)12(3)10-17/h11-15,18H,5-10H2,1-4H3. The molecule has 0 spiro atoms. The van der Waals surface area contributed by atoms with Crippen LogP contribution in [0.25, 0.3) is 0 Å². The summed E-state index contributed by atoms with van der Waals surface area (Å²) in [5.74, 6) is 1.55. The van der Waals surface area contributed by atoms with E-state index >= 15 is 0 Å². The maximum Gasteiger partial charge on any atom is 0.0695 e. The van der Waals surface area contributed by atoms with Gasteiger partial charge in [0.05, 0.1) is 6.10 Å². The van der Waals surface area contributed by atoms with Crippen LogP contribution in [0, 0.1) is 11.8 Å². The van der Waals surface area contributed by atoms with E-state index in [2.05, 4.69) is 37.6 Å². The van der Waals surface area contributed by atoms with E-state index in [0.29, 0.717) is 12.1 Å². The fourth-order valence-electron chi connectivity index (χ4n) is 3.54. The zero-order chi connectivity index (χ0) is 13.3. The SMILES string of the molecule is CC(C)C1CCC(O)C(N2CCN(C)C(C)C2)C1. The van der Waals surface area contributed by atoms with E-state index in [1.807, 2.05) is 0 Å². The summed E-state index contributed by atoms with van der Waals surface area (Å²) in [5.41, 5.74) is 0. The number of hydrogen-bond acceptors (Lipinski definition) is 3. The van der Waals surface area contributed by atoms with Gasteiger partial charge in [-0.25, -0.2) is 0 Å². The van der Waals surface area contributed by atoms with Crippen LogP contribution in [-0.4, -0.2) is 59.8 Å². The molecule has 1 saturated heterocycles. The van der Waals surface area contributed by atoms with Crippen molar-refractivity contribution >= 4 is 0 Å². The fourth-order valence-corrected chi connectivity index (χ4v) is 3.54. The number of aliphatic hydroxyl groups is 1. The highest BCUT2D eigenvalue weighted by Crippen LogP contribution is 2.33. The summed E-state index contributed by atoms with van der Waals surface area (Å²) in [4.78, 5) is 4.97. The summed E-state index contributed by atoms with van der Waals surface area (Å²) in [7, 11) is 2.20. The van der Waals surface area contributed by atoms with Crippen molar-refractivity contribution in [3.8, 4) is 0 Å². The van der Waals surface area contributed by atoms with Crippen LogP contribution in [0.2, 0.25) is 0 Å². The van der Waals surface area contributed by atoms with E-state index in [1.165, 1.54) is 12.8 Å². The summed E-state index contributed by atoms with van der Waals surface area (Å²) < 4.78 is 0. The van der Waals surface area contributed by atoms with E-state index in [-0.39, 0.29) is 6.10 Å². The van der Waals surface area contributed by atoms with Gasteiger partial charge in [-0.05, 0) is 45.1 Å².